The summed E-state index contributed by atoms with van der Waals surface area (Å²) in [6.07, 6.45) is 2.74. The van der Waals surface area contributed by atoms with E-state index in [1.807, 2.05) is 0 Å². The van der Waals surface area contributed by atoms with Gasteiger partial charge in [-0.2, -0.15) is 0 Å². The molecule has 1 aliphatic carbocycles. The molecule has 5 heteroatoms. The fourth-order valence-corrected chi connectivity index (χ4v) is 2.27. The van der Waals surface area contributed by atoms with Crippen LogP contribution in [0.25, 0.3) is 0 Å². The fraction of sp³-hybridized carbons (Fsp3) is 0.385. The summed E-state index contributed by atoms with van der Waals surface area (Å²) in [5.74, 6) is -0.640. The van der Waals surface area contributed by atoms with Crippen molar-refractivity contribution in [3.8, 4) is 0 Å². The molecule has 0 bridgehead atoms. The van der Waals surface area contributed by atoms with Gasteiger partial charge in [0.15, 0.2) is 0 Å². The minimum Gasteiger partial charge on any atom is -0.366 e. The number of carbonyl (C=O) groups excluding carboxylic acids is 2. The van der Waals surface area contributed by atoms with E-state index in [1.165, 1.54) is 0 Å². The quantitative estimate of drug-likeness (QED) is 0.738. The van der Waals surface area contributed by atoms with Gasteiger partial charge < -0.3 is 16.8 Å². The Morgan fingerprint density at radius 1 is 1.17 bits per heavy atom. The van der Waals surface area contributed by atoms with E-state index in [0.717, 1.165) is 19.3 Å². The van der Waals surface area contributed by atoms with Gasteiger partial charge in [-0.25, -0.2) is 0 Å². The third-order valence-corrected chi connectivity index (χ3v) is 3.34. The van der Waals surface area contributed by atoms with E-state index in [1.54, 1.807) is 24.3 Å². The maximum Gasteiger partial charge on any atom is 0.248 e. The third kappa shape index (κ3) is 2.68. The molecule has 2 rings (SSSR count). The van der Waals surface area contributed by atoms with Gasteiger partial charge >= 0.3 is 0 Å². The normalized spacial score (nSPS) is 22.7. The molecule has 0 spiro atoms. The zero-order chi connectivity index (χ0) is 13.1. The van der Waals surface area contributed by atoms with Gasteiger partial charge in [0.25, 0.3) is 0 Å². The molecule has 1 aromatic rings. The van der Waals surface area contributed by atoms with Crippen LogP contribution in [-0.4, -0.2) is 17.9 Å². The monoisotopic (exact) mass is 247 g/mol. The van der Waals surface area contributed by atoms with Crippen molar-refractivity contribution >= 4 is 17.5 Å². The summed E-state index contributed by atoms with van der Waals surface area (Å²) in [5, 5.41) is 2.81. The van der Waals surface area contributed by atoms with Crippen LogP contribution in [0.2, 0.25) is 0 Å². The summed E-state index contributed by atoms with van der Waals surface area (Å²) in [6, 6.07) is 6.46. The Balaban J connectivity index is 2.00. The van der Waals surface area contributed by atoms with Gasteiger partial charge in [0.2, 0.25) is 11.8 Å². The highest BCUT2D eigenvalue weighted by atomic mass is 16.2. The Bertz CT molecular complexity index is 456. The highest BCUT2D eigenvalue weighted by molar-refractivity contribution is 5.95. The summed E-state index contributed by atoms with van der Waals surface area (Å²) in [7, 11) is 0. The van der Waals surface area contributed by atoms with E-state index >= 15 is 0 Å². The topological polar surface area (TPSA) is 98.2 Å². The molecule has 5 N–H and O–H groups in total. The molecule has 0 saturated heterocycles. The van der Waals surface area contributed by atoms with E-state index in [2.05, 4.69) is 5.32 Å². The predicted octanol–water partition coefficient (Wildman–Crippen LogP) is 0.851. The second kappa shape index (κ2) is 5.18. The Labute approximate surface area is 106 Å². The summed E-state index contributed by atoms with van der Waals surface area (Å²) < 4.78 is 0. The number of carbonyl (C=O) groups is 2. The van der Waals surface area contributed by atoms with Crippen LogP contribution in [0.4, 0.5) is 5.69 Å². The van der Waals surface area contributed by atoms with Gasteiger partial charge in [-0.05, 0) is 37.1 Å². The molecule has 5 nitrogen and oxygen atoms in total. The Morgan fingerprint density at radius 3 is 2.33 bits per heavy atom. The molecule has 0 aromatic heterocycles. The molecular weight excluding hydrogens is 230 g/mol. The molecule has 2 unspecified atom stereocenters. The average Bonchev–Trinajstić information content (AvgIpc) is 2.76. The Kier molecular flexibility index (Phi) is 3.62. The number of amides is 2. The summed E-state index contributed by atoms with van der Waals surface area (Å²) in [5.41, 5.74) is 12.1. The zero-order valence-corrected chi connectivity index (χ0v) is 10.1. The van der Waals surface area contributed by atoms with Crippen LogP contribution in [0.15, 0.2) is 24.3 Å². The summed E-state index contributed by atoms with van der Waals surface area (Å²) in [4.78, 5) is 22.9. The Hall–Kier alpha value is -1.88. The molecule has 0 heterocycles. The molecule has 0 radical (unpaired) electrons. The minimum atomic E-state index is -0.481. The van der Waals surface area contributed by atoms with E-state index in [4.69, 9.17) is 11.5 Å². The molecule has 1 aromatic carbocycles. The van der Waals surface area contributed by atoms with Crippen LogP contribution in [0.3, 0.4) is 0 Å². The van der Waals surface area contributed by atoms with Crippen LogP contribution in [0.1, 0.15) is 29.6 Å². The molecular formula is C13H17N3O2. The standard InChI is InChI=1S/C13H17N3O2/c14-11-3-1-2-10(11)13(18)16-9-6-4-8(5-7-9)12(15)17/h4-7,10-11H,1-3,14H2,(H2,15,17)(H,16,18). The lowest BCUT2D eigenvalue weighted by atomic mass is 10.0. The first kappa shape index (κ1) is 12.6. The number of nitrogens with two attached hydrogens (primary N) is 2. The van der Waals surface area contributed by atoms with Crippen molar-refractivity contribution in [1.82, 2.24) is 0 Å². The van der Waals surface area contributed by atoms with Gasteiger partial charge in [-0.1, -0.05) is 6.42 Å². The third-order valence-electron chi connectivity index (χ3n) is 3.34. The molecule has 1 fully saturated rings. The highest BCUT2D eigenvalue weighted by Gasteiger charge is 2.30. The van der Waals surface area contributed by atoms with Gasteiger partial charge in [-0.3, -0.25) is 9.59 Å². The maximum absolute atomic E-state index is 12.0. The lowest BCUT2D eigenvalue weighted by molar-refractivity contribution is -0.120. The van der Waals surface area contributed by atoms with Crippen LogP contribution >= 0.6 is 0 Å². The van der Waals surface area contributed by atoms with Crippen molar-refractivity contribution in [3.63, 3.8) is 0 Å². The van der Waals surface area contributed by atoms with Crippen molar-refractivity contribution in [3.05, 3.63) is 29.8 Å². The second-order valence-corrected chi connectivity index (χ2v) is 4.63. The number of anilines is 1. The lowest BCUT2D eigenvalue weighted by Crippen LogP contribution is -2.34. The number of hydrogen-bond acceptors (Lipinski definition) is 3. The summed E-state index contributed by atoms with van der Waals surface area (Å²) >= 11 is 0. The zero-order valence-electron chi connectivity index (χ0n) is 10.1. The largest absolute Gasteiger partial charge is 0.366 e. The Morgan fingerprint density at radius 2 is 1.83 bits per heavy atom. The molecule has 1 aliphatic rings. The van der Waals surface area contributed by atoms with Crippen LogP contribution < -0.4 is 16.8 Å². The van der Waals surface area contributed by atoms with E-state index < -0.39 is 5.91 Å². The van der Waals surface area contributed by atoms with Gasteiger partial charge in [0, 0.05) is 17.3 Å². The molecule has 1 saturated carbocycles. The fourth-order valence-electron chi connectivity index (χ4n) is 2.27. The molecule has 18 heavy (non-hydrogen) atoms. The first-order valence-corrected chi connectivity index (χ1v) is 6.04. The maximum atomic E-state index is 12.0. The lowest BCUT2D eigenvalue weighted by Gasteiger charge is -2.15. The van der Waals surface area contributed by atoms with E-state index in [9.17, 15) is 9.59 Å². The van der Waals surface area contributed by atoms with Crippen molar-refractivity contribution < 1.29 is 9.59 Å². The molecule has 96 valence electrons. The number of rotatable bonds is 3. The number of hydrogen-bond donors (Lipinski definition) is 3. The smallest absolute Gasteiger partial charge is 0.248 e. The SMILES string of the molecule is NC(=O)c1ccc(NC(=O)C2CCCC2N)cc1. The predicted molar refractivity (Wildman–Crippen MR) is 68.9 cm³/mol. The van der Waals surface area contributed by atoms with Crippen LogP contribution in [0, 0.1) is 5.92 Å². The number of benzene rings is 1. The first-order chi connectivity index (χ1) is 8.58. The number of nitrogens with one attached hydrogen (secondary N) is 1. The second-order valence-electron chi connectivity index (χ2n) is 4.63. The molecule has 2 atom stereocenters. The van der Waals surface area contributed by atoms with Crippen molar-refractivity contribution in [1.29, 1.82) is 0 Å². The summed E-state index contributed by atoms with van der Waals surface area (Å²) in [6.45, 7) is 0. The van der Waals surface area contributed by atoms with E-state index in [-0.39, 0.29) is 17.9 Å². The first-order valence-electron chi connectivity index (χ1n) is 6.04. The van der Waals surface area contributed by atoms with Gasteiger partial charge in [-0.15, -0.1) is 0 Å². The average molecular weight is 247 g/mol. The number of primary amides is 1. The van der Waals surface area contributed by atoms with Crippen molar-refractivity contribution in [2.45, 2.75) is 25.3 Å². The van der Waals surface area contributed by atoms with Crippen LogP contribution in [0.5, 0.6) is 0 Å². The van der Waals surface area contributed by atoms with Gasteiger partial charge in [0.05, 0.1) is 5.92 Å². The van der Waals surface area contributed by atoms with Crippen LogP contribution in [-0.2, 0) is 4.79 Å². The van der Waals surface area contributed by atoms with Gasteiger partial charge in [0.1, 0.15) is 0 Å². The molecule has 2 amide bonds. The minimum absolute atomic E-state index is 0.0464. The van der Waals surface area contributed by atoms with Crippen molar-refractivity contribution in [2.24, 2.45) is 17.4 Å². The van der Waals surface area contributed by atoms with Crippen molar-refractivity contribution in [2.75, 3.05) is 5.32 Å². The molecule has 0 aliphatic heterocycles. The highest BCUT2D eigenvalue weighted by Crippen LogP contribution is 2.25. The van der Waals surface area contributed by atoms with E-state index in [0.29, 0.717) is 11.3 Å².